The van der Waals surface area contributed by atoms with Crippen LogP contribution in [-0.4, -0.2) is 30.0 Å². The zero-order valence-electron chi connectivity index (χ0n) is 8.97. The lowest BCUT2D eigenvalue weighted by Crippen LogP contribution is -2.54. The first-order chi connectivity index (χ1) is 7.72. The van der Waals surface area contributed by atoms with E-state index in [1.165, 1.54) is 6.20 Å². The van der Waals surface area contributed by atoms with Crippen LogP contribution in [0.2, 0.25) is 0 Å². The van der Waals surface area contributed by atoms with Crippen molar-refractivity contribution in [1.82, 2.24) is 10.3 Å². The number of pyridine rings is 1. The Morgan fingerprint density at radius 1 is 1.62 bits per heavy atom. The maximum Gasteiger partial charge on any atom is 0.242 e. The first kappa shape index (κ1) is 10.4. The molecule has 82 valence electrons. The molecule has 5 nitrogen and oxygen atoms in total. The van der Waals surface area contributed by atoms with Crippen LogP contribution >= 0.6 is 0 Å². The van der Waals surface area contributed by atoms with Crippen molar-refractivity contribution >= 4 is 11.7 Å². The molecule has 0 saturated carbocycles. The second kappa shape index (κ2) is 4.19. The minimum absolute atomic E-state index is 0.0115. The third-order valence-corrected chi connectivity index (χ3v) is 2.67. The summed E-state index contributed by atoms with van der Waals surface area (Å²) < 4.78 is 0. The molecular formula is C11H12N4O. The van der Waals surface area contributed by atoms with Gasteiger partial charge in [-0.2, -0.15) is 5.26 Å². The Morgan fingerprint density at radius 3 is 3.06 bits per heavy atom. The van der Waals surface area contributed by atoms with Gasteiger partial charge in [-0.25, -0.2) is 4.98 Å². The molecule has 1 aliphatic rings. The van der Waals surface area contributed by atoms with Crippen LogP contribution in [0.3, 0.4) is 0 Å². The van der Waals surface area contributed by atoms with E-state index in [1.807, 2.05) is 17.9 Å². The van der Waals surface area contributed by atoms with E-state index in [2.05, 4.69) is 10.3 Å². The molecule has 1 unspecified atom stereocenters. The van der Waals surface area contributed by atoms with Gasteiger partial charge in [-0.15, -0.1) is 0 Å². The zero-order chi connectivity index (χ0) is 11.5. The van der Waals surface area contributed by atoms with Crippen LogP contribution in [0.1, 0.15) is 12.5 Å². The molecule has 2 heterocycles. The SMILES string of the molecule is CC1C(=O)NCCN1c1ccc(C#N)cn1. The van der Waals surface area contributed by atoms with E-state index in [1.54, 1.807) is 12.1 Å². The molecule has 1 amide bonds. The number of aromatic nitrogens is 1. The van der Waals surface area contributed by atoms with Gasteiger partial charge >= 0.3 is 0 Å². The average molecular weight is 216 g/mol. The Bertz CT molecular complexity index is 434. The lowest BCUT2D eigenvalue weighted by Gasteiger charge is -2.33. The highest BCUT2D eigenvalue weighted by molar-refractivity contribution is 5.85. The molecule has 2 rings (SSSR count). The lowest BCUT2D eigenvalue weighted by atomic mass is 10.2. The second-order valence-corrected chi connectivity index (χ2v) is 3.68. The van der Waals surface area contributed by atoms with Gasteiger partial charge in [0.2, 0.25) is 5.91 Å². The minimum atomic E-state index is -0.214. The molecule has 1 aromatic rings. The normalized spacial score (nSPS) is 20.1. The summed E-state index contributed by atoms with van der Waals surface area (Å²) in [6.07, 6.45) is 1.52. The van der Waals surface area contributed by atoms with Crippen molar-refractivity contribution in [1.29, 1.82) is 5.26 Å². The first-order valence-electron chi connectivity index (χ1n) is 5.13. The summed E-state index contributed by atoms with van der Waals surface area (Å²) in [5.41, 5.74) is 0.526. The van der Waals surface area contributed by atoms with Gasteiger partial charge in [0, 0.05) is 19.3 Å². The number of carbonyl (C=O) groups is 1. The second-order valence-electron chi connectivity index (χ2n) is 3.68. The minimum Gasteiger partial charge on any atom is -0.353 e. The van der Waals surface area contributed by atoms with E-state index in [-0.39, 0.29) is 11.9 Å². The Hall–Kier alpha value is -2.09. The maximum atomic E-state index is 11.5. The third-order valence-electron chi connectivity index (χ3n) is 2.67. The van der Waals surface area contributed by atoms with Gasteiger partial charge in [0.15, 0.2) is 0 Å². The van der Waals surface area contributed by atoms with Crippen LogP contribution in [0.25, 0.3) is 0 Å². The fourth-order valence-electron chi connectivity index (χ4n) is 1.72. The number of carbonyl (C=O) groups excluding carboxylic acids is 1. The van der Waals surface area contributed by atoms with Crippen LogP contribution in [0, 0.1) is 11.3 Å². The summed E-state index contributed by atoms with van der Waals surface area (Å²) >= 11 is 0. The molecule has 0 radical (unpaired) electrons. The van der Waals surface area contributed by atoms with Crippen molar-refractivity contribution in [3.05, 3.63) is 23.9 Å². The smallest absolute Gasteiger partial charge is 0.242 e. The number of hydrogen-bond donors (Lipinski definition) is 1. The average Bonchev–Trinajstić information content (AvgIpc) is 2.33. The Kier molecular flexibility index (Phi) is 2.73. The third kappa shape index (κ3) is 1.82. The Morgan fingerprint density at radius 2 is 2.44 bits per heavy atom. The molecule has 5 heteroatoms. The van der Waals surface area contributed by atoms with Crippen LogP contribution in [0.15, 0.2) is 18.3 Å². The molecule has 0 aromatic carbocycles. The summed E-state index contributed by atoms with van der Waals surface area (Å²) in [6, 6.07) is 5.28. The van der Waals surface area contributed by atoms with Crippen molar-refractivity contribution in [2.45, 2.75) is 13.0 Å². The number of piperazine rings is 1. The highest BCUT2D eigenvalue weighted by Gasteiger charge is 2.26. The number of hydrogen-bond acceptors (Lipinski definition) is 4. The van der Waals surface area contributed by atoms with E-state index < -0.39 is 0 Å². The van der Waals surface area contributed by atoms with Crippen molar-refractivity contribution in [2.75, 3.05) is 18.0 Å². The molecule has 0 aliphatic carbocycles. The van der Waals surface area contributed by atoms with E-state index in [4.69, 9.17) is 5.26 Å². The number of nitriles is 1. The van der Waals surface area contributed by atoms with Gasteiger partial charge in [0.05, 0.1) is 5.56 Å². The molecule has 0 spiro atoms. The molecule has 16 heavy (non-hydrogen) atoms. The van der Waals surface area contributed by atoms with Gasteiger partial charge in [-0.3, -0.25) is 4.79 Å². The summed E-state index contributed by atoms with van der Waals surface area (Å²) in [5, 5.41) is 11.5. The lowest BCUT2D eigenvalue weighted by molar-refractivity contribution is -0.122. The van der Waals surface area contributed by atoms with E-state index in [0.29, 0.717) is 12.1 Å². The van der Waals surface area contributed by atoms with Crippen LogP contribution in [0.4, 0.5) is 5.82 Å². The summed E-state index contributed by atoms with van der Waals surface area (Å²) in [4.78, 5) is 17.6. The largest absolute Gasteiger partial charge is 0.353 e. The standard InChI is InChI=1S/C11H12N4O/c1-8-11(16)13-4-5-15(8)10-3-2-9(6-12)7-14-10/h2-3,7-8H,4-5H2,1H3,(H,13,16). The van der Waals surface area contributed by atoms with Gasteiger partial charge in [-0.1, -0.05) is 0 Å². The summed E-state index contributed by atoms with van der Waals surface area (Å²) in [7, 11) is 0. The number of amides is 1. The van der Waals surface area contributed by atoms with E-state index >= 15 is 0 Å². The predicted molar refractivity (Wildman–Crippen MR) is 58.8 cm³/mol. The molecule has 1 atom stereocenters. The van der Waals surface area contributed by atoms with Crippen molar-refractivity contribution in [3.63, 3.8) is 0 Å². The molecule has 0 bridgehead atoms. The zero-order valence-corrected chi connectivity index (χ0v) is 8.97. The molecular weight excluding hydrogens is 204 g/mol. The van der Waals surface area contributed by atoms with Crippen molar-refractivity contribution < 1.29 is 4.79 Å². The van der Waals surface area contributed by atoms with Crippen molar-refractivity contribution in [2.24, 2.45) is 0 Å². The van der Waals surface area contributed by atoms with Crippen LogP contribution < -0.4 is 10.2 Å². The summed E-state index contributed by atoms with van der Waals surface area (Å²) in [6.45, 7) is 3.21. The molecule has 1 aliphatic heterocycles. The number of nitrogens with one attached hydrogen (secondary N) is 1. The molecule has 1 N–H and O–H groups in total. The van der Waals surface area contributed by atoms with E-state index in [0.717, 1.165) is 12.4 Å². The fraction of sp³-hybridized carbons (Fsp3) is 0.364. The maximum absolute atomic E-state index is 11.5. The molecule has 1 saturated heterocycles. The Balaban J connectivity index is 2.23. The van der Waals surface area contributed by atoms with Gasteiger partial charge in [0.1, 0.15) is 17.9 Å². The molecule has 1 fully saturated rings. The number of nitrogens with zero attached hydrogens (tertiary/aromatic N) is 3. The molecule has 1 aromatic heterocycles. The topological polar surface area (TPSA) is 69.0 Å². The number of anilines is 1. The van der Waals surface area contributed by atoms with Crippen molar-refractivity contribution in [3.8, 4) is 6.07 Å². The fourth-order valence-corrected chi connectivity index (χ4v) is 1.72. The Labute approximate surface area is 93.7 Å². The van der Waals surface area contributed by atoms with Gasteiger partial charge < -0.3 is 10.2 Å². The number of rotatable bonds is 1. The summed E-state index contributed by atoms with van der Waals surface area (Å²) in [5.74, 6) is 0.749. The van der Waals surface area contributed by atoms with Crippen LogP contribution in [-0.2, 0) is 4.79 Å². The monoisotopic (exact) mass is 216 g/mol. The van der Waals surface area contributed by atoms with Gasteiger partial charge in [0.25, 0.3) is 0 Å². The predicted octanol–water partition coefficient (Wildman–Crippen LogP) is 0.278. The highest BCUT2D eigenvalue weighted by Crippen LogP contribution is 2.15. The van der Waals surface area contributed by atoms with Gasteiger partial charge in [-0.05, 0) is 19.1 Å². The van der Waals surface area contributed by atoms with Crippen LogP contribution in [0.5, 0.6) is 0 Å². The highest BCUT2D eigenvalue weighted by atomic mass is 16.2. The van der Waals surface area contributed by atoms with E-state index in [9.17, 15) is 4.79 Å². The first-order valence-corrected chi connectivity index (χ1v) is 5.13. The quantitative estimate of drug-likeness (QED) is 0.732.